The standard InChI is InChI=1S/C48H38N2O/c1-48(2)38-21-9-6-16-30(38)36-26-37-32-18-8-11-23-42(32)50(44(37)28-39(36)48)43-24-12-20-34-46-33(19-13-25-45(46)51-47(34)43)35-27-41(29-14-4-3-5-15-29)49-40-22-10-7-17-31(35)40/h3-10,13-22,25-28,41,49H,11-12,23-24H2,1-2H3. The van der Waals surface area contributed by atoms with Crippen molar-refractivity contribution in [1.29, 1.82) is 0 Å². The zero-order valence-electron chi connectivity index (χ0n) is 29.0. The van der Waals surface area contributed by atoms with Crippen LogP contribution in [0.5, 0.6) is 0 Å². The smallest absolute Gasteiger partial charge is 0.154 e. The predicted molar refractivity (Wildman–Crippen MR) is 211 cm³/mol. The number of fused-ring (bicyclic) bond motifs is 10. The zero-order chi connectivity index (χ0) is 33.8. The maximum Gasteiger partial charge on any atom is 0.154 e. The van der Waals surface area contributed by atoms with Crippen LogP contribution in [0.1, 0.15) is 78.2 Å². The Balaban J connectivity index is 1.18. The maximum absolute atomic E-state index is 7.03. The molecule has 5 aromatic carbocycles. The molecule has 0 saturated heterocycles. The second kappa shape index (κ2) is 10.6. The van der Waals surface area contributed by atoms with E-state index in [4.69, 9.17) is 4.42 Å². The van der Waals surface area contributed by atoms with Gasteiger partial charge < -0.3 is 14.3 Å². The molecule has 0 fully saturated rings. The molecule has 3 heterocycles. The Bertz CT molecular complexity index is 2800. The topological polar surface area (TPSA) is 30.1 Å². The highest BCUT2D eigenvalue weighted by Crippen LogP contribution is 2.51. The number of para-hydroxylation sites is 1. The summed E-state index contributed by atoms with van der Waals surface area (Å²) in [4.78, 5) is 0. The lowest BCUT2D eigenvalue weighted by Gasteiger charge is -2.27. The minimum Gasteiger partial charge on any atom is -0.454 e. The summed E-state index contributed by atoms with van der Waals surface area (Å²) in [6, 6.07) is 40.1. The van der Waals surface area contributed by atoms with Crippen LogP contribution in [0.15, 0.2) is 126 Å². The Morgan fingerprint density at radius 1 is 0.745 bits per heavy atom. The molecule has 0 spiro atoms. The Kier molecular flexibility index (Phi) is 6.03. The lowest BCUT2D eigenvalue weighted by Crippen LogP contribution is -2.29. The Hall–Kier alpha value is -5.80. The molecule has 1 N–H and O–H groups in total. The van der Waals surface area contributed by atoms with Gasteiger partial charge in [-0.15, -0.1) is 0 Å². The van der Waals surface area contributed by atoms with E-state index in [1.54, 1.807) is 0 Å². The fourth-order valence-electron chi connectivity index (χ4n) is 9.59. The summed E-state index contributed by atoms with van der Waals surface area (Å²) in [5, 5.41) is 7.58. The van der Waals surface area contributed by atoms with Gasteiger partial charge in [0.15, 0.2) is 5.42 Å². The quantitative estimate of drug-likeness (QED) is 0.205. The van der Waals surface area contributed by atoms with Gasteiger partial charge in [0, 0.05) is 43.9 Å². The van der Waals surface area contributed by atoms with Crippen LogP contribution in [-0.2, 0) is 11.8 Å². The van der Waals surface area contributed by atoms with Gasteiger partial charge in [-0.1, -0.05) is 117 Å². The van der Waals surface area contributed by atoms with Crippen LogP contribution in [0.4, 0.5) is 5.69 Å². The number of aromatic nitrogens is 1. The summed E-state index contributed by atoms with van der Waals surface area (Å²) in [7, 11) is 0. The first-order valence-electron chi connectivity index (χ1n) is 18.4. The first-order valence-corrected chi connectivity index (χ1v) is 18.4. The molecular formula is C48H38N2O. The molecule has 0 saturated carbocycles. The Labute approximate surface area is 297 Å². The van der Waals surface area contributed by atoms with Gasteiger partial charge in [0.1, 0.15) is 5.58 Å². The number of furan rings is 1. The number of hydrogen-bond donors (Lipinski definition) is 1. The van der Waals surface area contributed by atoms with Crippen LogP contribution in [-0.4, -0.2) is 4.57 Å². The largest absolute Gasteiger partial charge is 0.454 e. The number of rotatable bonds is 3. The highest BCUT2D eigenvalue weighted by atomic mass is 16.3. The van der Waals surface area contributed by atoms with Crippen molar-refractivity contribution >= 4 is 51.0 Å². The molecule has 3 aliphatic carbocycles. The van der Waals surface area contributed by atoms with Crippen molar-refractivity contribution in [2.75, 3.05) is 5.32 Å². The van der Waals surface area contributed by atoms with Crippen molar-refractivity contribution in [3.8, 4) is 11.1 Å². The third-order valence-corrected chi connectivity index (χ3v) is 12.0. The SMILES string of the molecule is CC1(C)c2ccccc2-c2cc3c4c(n(C5=c6oc7cccc(C8=CC(c9ccccc9)Nc9ccccc98)c7c6=CCC5)c3cc21)CCC=C4. The lowest BCUT2D eigenvalue weighted by atomic mass is 9.82. The summed E-state index contributed by atoms with van der Waals surface area (Å²) in [6.45, 7) is 4.77. The first kappa shape index (κ1) is 29.0. The zero-order valence-corrected chi connectivity index (χ0v) is 29.0. The maximum atomic E-state index is 7.03. The number of hydrogen-bond acceptors (Lipinski definition) is 2. The van der Waals surface area contributed by atoms with Crippen LogP contribution in [0.2, 0.25) is 0 Å². The molecular weight excluding hydrogens is 621 g/mol. The fourth-order valence-corrected chi connectivity index (χ4v) is 9.59. The first-order chi connectivity index (χ1) is 25.1. The summed E-state index contributed by atoms with van der Waals surface area (Å²) in [6.07, 6.45) is 13.5. The van der Waals surface area contributed by atoms with E-state index < -0.39 is 0 Å². The molecule has 2 aromatic heterocycles. The molecule has 3 nitrogen and oxygen atoms in total. The van der Waals surface area contributed by atoms with Crippen molar-refractivity contribution < 1.29 is 4.42 Å². The third kappa shape index (κ3) is 4.06. The Morgan fingerprint density at radius 2 is 1.55 bits per heavy atom. The highest BCUT2D eigenvalue weighted by Gasteiger charge is 2.37. The number of benzene rings is 5. The molecule has 4 aliphatic rings. The average Bonchev–Trinajstić information content (AvgIpc) is 3.80. The van der Waals surface area contributed by atoms with Crippen molar-refractivity contribution in [2.45, 2.75) is 51.0 Å². The highest BCUT2D eigenvalue weighted by molar-refractivity contribution is 6.02. The molecule has 1 aliphatic heterocycles. The summed E-state index contributed by atoms with van der Waals surface area (Å²) in [5.41, 5.74) is 19.0. The molecule has 1 atom stereocenters. The minimum atomic E-state index is -0.0630. The van der Waals surface area contributed by atoms with E-state index in [2.05, 4.69) is 157 Å². The second-order valence-corrected chi connectivity index (χ2v) is 15.1. The van der Waals surface area contributed by atoms with Gasteiger partial charge in [-0.05, 0) is 95.0 Å². The molecule has 3 heteroatoms. The summed E-state index contributed by atoms with van der Waals surface area (Å²) in [5.74, 6) is 0. The van der Waals surface area contributed by atoms with Crippen molar-refractivity contribution in [3.05, 3.63) is 171 Å². The van der Waals surface area contributed by atoms with Gasteiger partial charge >= 0.3 is 0 Å². The molecule has 7 aromatic rings. The monoisotopic (exact) mass is 658 g/mol. The predicted octanol–water partition coefficient (Wildman–Crippen LogP) is 10.5. The normalized spacial score (nSPS) is 18.0. The van der Waals surface area contributed by atoms with Gasteiger partial charge in [0.05, 0.1) is 17.3 Å². The van der Waals surface area contributed by atoms with Gasteiger partial charge in [-0.25, -0.2) is 0 Å². The number of anilines is 1. The molecule has 1 unspecified atom stereocenters. The average molecular weight is 659 g/mol. The van der Waals surface area contributed by atoms with E-state index in [1.807, 2.05) is 0 Å². The molecule has 246 valence electrons. The molecule has 51 heavy (non-hydrogen) atoms. The van der Waals surface area contributed by atoms with E-state index in [0.717, 1.165) is 42.4 Å². The number of nitrogens with zero attached hydrogens (tertiary/aromatic N) is 1. The van der Waals surface area contributed by atoms with Crippen LogP contribution in [0.25, 0.3) is 56.4 Å². The van der Waals surface area contributed by atoms with Crippen molar-refractivity contribution in [2.24, 2.45) is 0 Å². The van der Waals surface area contributed by atoms with Gasteiger partial charge in [-0.2, -0.15) is 0 Å². The van der Waals surface area contributed by atoms with E-state index in [0.29, 0.717) is 0 Å². The third-order valence-electron chi connectivity index (χ3n) is 12.0. The minimum absolute atomic E-state index is 0.0630. The Morgan fingerprint density at radius 3 is 2.45 bits per heavy atom. The summed E-state index contributed by atoms with van der Waals surface area (Å²) < 4.78 is 9.64. The van der Waals surface area contributed by atoms with E-state index in [-0.39, 0.29) is 11.5 Å². The van der Waals surface area contributed by atoms with Gasteiger partial charge in [0.25, 0.3) is 0 Å². The van der Waals surface area contributed by atoms with Crippen LogP contribution in [0.3, 0.4) is 0 Å². The molecule has 0 amide bonds. The second-order valence-electron chi connectivity index (χ2n) is 15.1. The fraction of sp³-hybridized carbons (Fsp3) is 0.167. The number of allylic oxidation sites excluding steroid dienone is 1. The van der Waals surface area contributed by atoms with Gasteiger partial charge in [-0.3, -0.25) is 0 Å². The van der Waals surface area contributed by atoms with Gasteiger partial charge in [0.2, 0.25) is 0 Å². The van der Waals surface area contributed by atoms with Crippen LogP contribution >= 0.6 is 0 Å². The number of nitrogens with one attached hydrogen (secondary N) is 1. The molecule has 0 bridgehead atoms. The van der Waals surface area contributed by atoms with Crippen molar-refractivity contribution in [1.82, 2.24) is 4.57 Å². The van der Waals surface area contributed by atoms with Crippen molar-refractivity contribution in [3.63, 3.8) is 0 Å². The summed E-state index contributed by atoms with van der Waals surface area (Å²) >= 11 is 0. The lowest BCUT2D eigenvalue weighted by molar-refractivity contribution is 0.562. The molecule has 0 radical (unpaired) electrons. The van der Waals surface area contributed by atoms with E-state index in [9.17, 15) is 0 Å². The van der Waals surface area contributed by atoms with E-state index in [1.165, 1.54) is 83.0 Å². The van der Waals surface area contributed by atoms with Crippen LogP contribution in [0, 0.1) is 0 Å². The van der Waals surface area contributed by atoms with Crippen LogP contribution < -0.4 is 16.0 Å². The molecule has 11 rings (SSSR count). The van der Waals surface area contributed by atoms with E-state index >= 15 is 0 Å².